The zero-order chi connectivity index (χ0) is 13.0. The van der Waals surface area contributed by atoms with Crippen molar-refractivity contribution in [2.24, 2.45) is 0 Å². The fourth-order valence-electron chi connectivity index (χ4n) is 1.38. The topological polar surface area (TPSA) is 96.7 Å². The van der Waals surface area contributed by atoms with Gasteiger partial charge in [-0.1, -0.05) is 13.8 Å². The van der Waals surface area contributed by atoms with Gasteiger partial charge in [0.15, 0.2) is 0 Å². The summed E-state index contributed by atoms with van der Waals surface area (Å²) in [6.45, 7) is 4.14. The van der Waals surface area contributed by atoms with Crippen LogP contribution in [0.4, 0.5) is 0 Å². The fourth-order valence-corrected chi connectivity index (χ4v) is 1.38. The first kappa shape index (κ1) is 12.3. The molecule has 0 radical (unpaired) electrons. The molecule has 0 aliphatic carbocycles. The molecule has 96 valence electrons. The van der Waals surface area contributed by atoms with Gasteiger partial charge in [0.2, 0.25) is 11.7 Å². The molecule has 0 atom stereocenters. The third-order valence-corrected chi connectivity index (χ3v) is 2.42. The second-order valence-corrected chi connectivity index (χ2v) is 3.72. The van der Waals surface area contributed by atoms with Crippen LogP contribution in [0.2, 0.25) is 0 Å². The lowest BCUT2D eigenvalue weighted by Crippen LogP contribution is -2.24. The van der Waals surface area contributed by atoms with Crippen LogP contribution < -0.4 is 5.32 Å². The molecule has 0 fully saturated rings. The Kier molecular flexibility index (Phi) is 3.71. The van der Waals surface area contributed by atoms with E-state index in [2.05, 4.69) is 25.5 Å². The zero-order valence-corrected chi connectivity index (χ0v) is 10.4. The van der Waals surface area contributed by atoms with Crippen LogP contribution in [-0.4, -0.2) is 26.1 Å². The summed E-state index contributed by atoms with van der Waals surface area (Å²) in [6.07, 6.45) is 3.14. The number of hydrogen-bond acceptors (Lipinski definition) is 5. The molecule has 0 bridgehead atoms. The number of nitrogens with one attached hydrogen (secondary N) is 2. The standard InChI is InChI=1S/C11H15N5O2/c1-3-7-5-12-9(18-7)6-13-11(17)10-14-8(4-2)15-16-10/h5H,3-4,6H2,1-2H3,(H,13,17)(H,14,15,16). The van der Waals surface area contributed by atoms with E-state index in [1.165, 1.54) is 0 Å². The van der Waals surface area contributed by atoms with E-state index in [-0.39, 0.29) is 18.3 Å². The van der Waals surface area contributed by atoms with Gasteiger partial charge in [-0.05, 0) is 0 Å². The maximum Gasteiger partial charge on any atom is 0.291 e. The molecule has 0 aliphatic rings. The van der Waals surface area contributed by atoms with Gasteiger partial charge in [0.05, 0.1) is 12.7 Å². The van der Waals surface area contributed by atoms with E-state index in [1.807, 2.05) is 13.8 Å². The Hall–Kier alpha value is -2.18. The summed E-state index contributed by atoms with van der Waals surface area (Å²) in [5.74, 6) is 1.75. The summed E-state index contributed by atoms with van der Waals surface area (Å²) in [4.78, 5) is 19.8. The molecule has 0 unspecified atom stereocenters. The summed E-state index contributed by atoms with van der Waals surface area (Å²) in [6, 6.07) is 0. The van der Waals surface area contributed by atoms with Crippen LogP contribution in [0.25, 0.3) is 0 Å². The van der Waals surface area contributed by atoms with Crippen molar-refractivity contribution in [1.82, 2.24) is 25.5 Å². The third-order valence-electron chi connectivity index (χ3n) is 2.42. The van der Waals surface area contributed by atoms with Crippen molar-refractivity contribution in [2.45, 2.75) is 33.2 Å². The number of carbonyl (C=O) groups is 1. The number of aryl methyl sites for hydroxylation is 2. The van der Waals surface area contributed by atoms with Gasteiger partial charge >= 0.3 is 0 Å². The van der Waals surface area contributed by atoms with Crippen molar-refractivity contribution in [3.05, 3.63) is 29.5 Å². The second kappa shape index (κ2) is 5.44. The Balaban J connectivity index is 1.91. The van der Waals surface area contributed by atoms with E-state index in [0.29, 0.717) is 18.1 Å². The molecule has 7 nitrogen and oxygen atoms in total. The number of amides is 1. The molecule has 1 amide bonds. The van der Waals surface area contributed by atoms with E-state index in [9.17, 15) is 4.79 Å². The Labute approximate surface area is 104 Å². The molecule has 2 heterocycles. The van der Waals surface area contributed by atoms with Crippen molar-refractivity contribution < 1.29 is 9.21 Å². The van der Waals surface area contributed by atoms with Crippen molar-refractivity contribution in [3.8, 4) is 0 Å². The number of oxazole rings is 1. The number of aromatic amines is 1. The van der Waals surface area contributed by atoms with Crippen molar-refractivity contribution in [2.75, 3.05) is 0 Å². The molecule has 0 spiro atoms. The van der Waals surface area contributed by atoms with Gasteiger partial charge in [0.25, 0.3) is 5.91 Å². The van der Waals surface area contributed by atoms with E-state index in [1.54, 1.807) is 6.20 Å². The van der Waals surface area contributed by atoms with Crippen molar-refractivity contribution in [3.63, 3.8) is 0 Å². The predicted molar refractivity (Wildman–Crippen MR) is 62.8 cm³/mol. The van der Waals surface area contributed by atoms with Crippen LogP contribution in [0.5, 0.6) is 0 Å². The largest absolute Gasteiger partial charge is 0.444 e. The van der Waals surface area contributed by atoms with Gasteiger partial charge in [-0.25, -0.2) is 9.97 Å². The van der Waals surface area contributed by atoms with Gasteiger partial charge in [0, 0.05) is 12.8 Å². The summed E-state index contributed by atoms with van der Waals surface area (Å²) >= 11 is 0. The summed E-state index contributed by atoms with van der Waals surface area (Å²) in [5, 5.41) is 9.16. The molecule has 0 aromatic carbocycles. The van der Waals surface area contributed by atoms with E-state index < -0.39 is 0 Å². The lowest BCUT2D eigenvalue weighted by atomic mass is 10.4. The maximum atomic E-state index is 11.7. The number of aromatic nitrogens is 4. The minimum atomic E-state index is -0.345. The first-order valence-electron chi connectivity index (χ1n) is 5.86. The highest BCUT2D eigenvalue weighted by atomic mass is 16.4. The average molecular weight is 249 g/mol. The number of carbonyl (C=O) groups excluding carboxylic acids is 1. The molecule has 2 rings (SSSR count). The SMILES string of the molecule is CCc1nc(C(=O)NCc2ncc(CC)o2)n[nH]1. The van der Waals surface area contributed by atoms with Gasteiger partial charge in [-0.2, -0.15) is 0 Å². The maximum absolute atomic E-state index is 11.7. The monoisotopic (exact) mass is 249 g/mol. The number of rotatable bonds is 5. The van der Waals surface area contributed by atoms with Crippen LogP contribution in [-0.2, 0) is 19.4 Å². The highest BCUT2D eigenvalue weighted by Crippen LogP contribution is 2.03. The first-order chi connectivity index (χ1) is 8.72. The Morgan fingerprint density at radius 2 is 2.28 bits per heavy atom. The fraction of sp³-hybridized carbons (Fsp3) is 0.455. The summed E-state index contributed by atoms with van der Waals surface area (Å²) in [5.41, 5.74) is 0. The Morgan fingerprint density at radius 1 is 1.44 bits per heavy atom. The minimum absolute atomic E-state index is 0.133. The van der Waals surface area contributed by atoms with E-state index in [4.69, 9.17) is 4.42 Å². The third kappa shape index (κ3) is 2.73. The molecule has 18 heavy (non-hydrogen) atoms. The minimum Gasteiger partial charge on any atom is -0.444 e. The van der Waals surface area contributed by atoms with Crippen LogP contribution in [0.3, 0.4) is 0 Å². The zero-order valence-electron chi connectivity index (χ0n) is 10.4. The Morgan fingerprint density at radius 3 is 2.89 bits per heavy atom. The number of H-pyrrole nitrogens is 1. The normalized spacial score (nSPS) is 10.6. The van der Waals surface area contributed by atoms with E-state index in [0.717, 1.165) is 12.2 Å². The highest BCUT2D eigenvalue weighted by molar-refractivity contribution is 5.90. The van der Waals surface area contributed by atoms with Crippen molar-refractivity contribution in [1.29, 1.82) is 0 Å². The molecule has 7 heteroatoms. The smallest absolute Gasteiger partial charge is 0.291 e. The molecule has 2 N–H and O–H groups in total. The summed E-state index contributed by atoms with van der Waals surface area (Å²) in [7, 11) is 0. The molecular formula is C11H15N5O2. The predicted octanol–water partition coefficient (Wildman–Crippen LogP) is 0.847. The summed E-state index contributed by atoms with van der Waals surface area (Å²) < 4.78 is 5.37. The quantitative estimate of drug-likeness (QED) is 0.818. The van der Waals surface area contributed by atoms with Crippen LogP contribution in [0, 0.1) is 0 Å². The van der Waals surface area contributed by atoms with Gasteiger partial charge in [0.1, 0.15) is 11.6 Å². The van der Waals surface area contributed by atoms with Crippen LogP contribution >= 0.6 is 0 Å². The first-order valence-corrected chi connectivity index (χ1v) is 5.86. The average Bonchev–Trinajstić information content (AvgIpc) is 3.04. The van der Waals surface area contributed by atoms with Crippen LogP contribution in [0.1, 0.15) is 41.9 Å². The molecule has 0 saturated carbocycles. The second-order valence-electron chi connectivity index (χ2n) is 3.72. The Bertz CT molecular complexity index is 531. The molecule has 2 aromatic heterocycles. The molecule has 0 aliphatic heterocycles. The van der Waals surface area contributed by atoms with E-state index >= 15 is 0 Å². The highest BCUT2D eigenvalue weighted by Gasteiger charge is 2.12. The number of hydrogen-bond donors (Lipinski definition) is 2. The van der Waals surface area contributed by atoms with Gasteiger partial charge in [-0.3, -0.25) is 9.89 Å². The number of nitrogens with zero attached hydrogens (tertiary/aromatic N) is 3. The lowest BCUT2D eigenvalue weighted by molar-refractivity contribution is 0.0937. The molecule has 2 aromatic rings. The molecule has 0 saturated heterocycles. The molecular weight excluding hydrogens is 234 g/mol. The lowest BCUT2D eigenvalue weighted by Gasteiger charge is -1.97. The van der Waals surface area contributed by atoms with Crippen LogP contribution in [0.15, 0.2) is 10.6 Å². The van der Waals surface area contributed by atoms with Crippen molar-refractivity contribution >= 4 is 5.91 Å². The van der Waals surface area contributed by atoms with Gasteiger partial charge in [-0.15, -0.1) is 5.10 Å². The van der Waals surface area contributed by atoms with Gasteiger partial charge < -0.3 is 9.73 Å².